The fourth-order valence-corrected chi connectivity index (χ4v) is 9.61. The van der Waals surface area contributed by atoms with Crippen LogP contribution in [0.25, 0.3) is 44.8 Å². The van der Waals surface area contributed by atoms with Crippen molar-refractivity contribution < 1.29 is 0 Å². The minimum Gasteiger partial charge on any atom is -0.386 e. The van der Waals surface area contributed by atoms with Crippen LogP contribution >= 0.6 is 0 Å². The van der Waals surface area contributed by atoms with Gasteiger partial charge in [0.1, 0.15) is 6.33 Å². The van der Waals surface area contributed by atoms with Crippen molar-refractivity contribution in [3.8, 4) is 44.8 Å². The van der Waals surface area contributed by atoms with Gasteiger partial charge in [0.2, 0.25) is 0 Å². The zero-order chi connectivity index (χ0) is 54.7. The third-order valence-corrected chi connectivity index (χ3v) is 14.6. The van der Waals surface area contributed by atoms with Gasteiger partial charge < -0.3 is 20.4 Å². The van der Waals surface area contributed by atoms with Crippen molar-refractivity contribution in [1.82, 2.24) is 9.97 Å². The largest absolute Gasteiger partial charge is 0.386 e. The summed E-state index contributed by atoms with van der Waals surface area (Å²) in [6.45, 7) is 41.3. The van der Waals surface area contributed by atoms with Crippen LogP contribution in [-0.4, -0.2) is 38.2 Å². The van der Waals surface area contributed by atoms with Gasteiger partial charge in [-0.25, -0.2) is 9.97 Å². The first-order valence-electron chi connectivity index (χ1n) is 26.7. The van der Waals surface area contributed by atoms with Crippen molar-refractivity contribution in [3.05, 3.63) is 155 Å². The molecule has 1 aromatic heterocycles. The first kappa shape index (κ1) is 55.4. The fraction of sp³-hybridized carbons (Fsp3) is 0.412. The maximum atomic E-state index is 5.01. The summed E-state index contributed by atoms with van der Waals surface area (Å²) in [4.78, 5) is 14.6. The summed E-state index contributed by atoms with van der Waals surface area (Å²) >= 11 is 0. The normalized spacial score (nSPS) is 12.7. The predicted octanol–water partition coefficient (Wildman–Crippen LogP) is 18.5. The van der Waals surface area contributed by atoms with E-state index in [-0.39, 0.29) is 32.5 Å². The van der Waals surface area contributed by atoms with Gasteiger partial charge in [0.15, 0.2) is 0 Å². The van der Waals surface area contributed by atoms with E-state index >= 15 is 0 Å². The molecule has 2 N–H and O–H groups in total. The van der Waals surface area contributed by atoms with Crippen LogP contribution in [0.4, 0.5) is 34.1 Å². The van der Waals surface area contributed by atoms with Crippen LogP contribution in [-0.2, 0) is 32.5 Å². The topological polar surface area (TPSA) is 56.3 Å². The maximum Gasteiger partial charge on any atom is 0.116 e. The third-order valence-electron chi connectivity index (χ3n) is 14.6. The van der Waals surface area contributed by atoms with Crippen LogP contribution in [0.3, 0.4) is 0 Å². The van der Waals surface area contributed by atoms with Gasteiger partial charge in [0.05, 0.1) is 34.1 Å². The molecule has 6 aromatic carbocycles. The molecule has 6 heteroatoms. The molecule has 0 unspecified atom stereocenters. The lowest BCUT2D eigenvalue weighted by molar-refractivity contribution is 0.568. The number of rotatable bonds is 10. The molecule has 1 heterocycles. The van der Waals surface area contributed by atoms with E-state index in [4.69, 9.17) is 9.97 Å². The predicted molar refractivity (Wildman–Crippen MR) is 324 cm³/mol. The standard InChI is InChI=1S/C68H88N6/c1-63(2,3)47-31-43(55-25-24-28-60(61(55)69-19)74(22)54-39-51(67(13,14)15)36-52(40-54)68(16,17)18)29-45(33-47)58-41-59(71-42-70-58)46-30-44(32-48(34-46)64(4,5)6)56-26-23-27-57(62(56)73(20)21)72-53-37-49(65(7,8)9)35-50(38-53)66(10,11)12/h23-42,69,72H,1-22H3. The fourth-order valence-electron chi connectivity index (χ4n) is 9.61. The van der Waals surface area contributed by atoms with Crippen LogP contribution < -0.4 is 20.4 Å². The van der Waals surface area contributed by atoms with Crippen LogP contribution in [0.2, 0.25) is 0 Å². The van der Waals surface area contributed by atoms with Crippen molar-refractivity contribution >= 4 is 34.1 Å². The second-order valence-corrected chi connectivity index (χ2v) is 27.2. The molecule has 390 valence electrons. The summed E-state index contributed by atoms with van der Waals surface area (Å²) in [7, 11) is 8.52. The smallest absolute Gasteiger partial charge is 0.116 e. The number of hydrogen-bond acceptors (Lipinski definition) is 6. The second kappa shape index (κ2) is 20.0. The van der Waals surface area contributed by atoms with E-state index in [2.05, 4.69) is 281 Å². The Morgan fingerprint density at radius 2 is 0.797 bits per heavy atom. The van der Waals surface area contributed by atoms with Crippen molar-refractivity contribution in [1.29, 1.82) is 0 Å². The van der Waals surface area contributed by atoms with Crippen molar-refractivity contribution in [2.45, 2.75) is 157 Å². The number of para-hydroxylation sites is 2. The Morgan fingerprint density at radius 1 is 0.405 bits per heavy atom. The number of hydrogen-bond donors (Lipinski definition) is 2. The number of anilines is 6. The van der Waals surface area contributed by atoms with Gasteiger partial charge in [-0.15, -0.1) is 0 Å². The Kier molecular flexibility index (Phi) is 15.0. The monoisotopic (exact) mass is 989 g/mol. The Balaban J connectivity index is 1.35. The molecule has 0 fully saturated rings. The molecular formula is C68H88N6. The summed E-state index contributed by atoms with van der Waals surface area (Å²) in [5.74, 6) is 0. The van der Waals surface area contributed by atoms with Gasteiger partial charge in [0, 0.05) is 61.8 Å². The molecule has 7 rings (SSSR count). The molecule has 0 spiro atoms. The molecule has 0 atom stereocenters. The first-order chi connectivity index (χ1) is 34.1. The van der Waals surface area contributed by atoms with Crippen molar-refractivity contribution in [3.63, 3.8) is 0 Å². The molecule has 0 aliphatic heterocycles. The molecule has 74 heavy (non-hydrogen) atoms. The van der Waals surface area contributed by atoms with Gasteiger partial charge in [-0.1, -0.05) is 173 Å². The SMILES string of the molecule is CNc1c(-c2cc(-c3cc(-c4cc(-c5cccc(Nc6cc(C(C)(C)C)cc(C(C)(C)C)c6)c5N(C)C)cc(C(C)(C)C)c4)ncn3)cc(C(C)(C)C)c2)cccc1N(C)c1cc(C(C)(C)C)cc(C(C)(C)C)c1. The molecule has 0 saturated heterocycles. The van der Waals surface area contributed by atoms with Crippen LogP contribution in [0.5, 0.6) is 0 Å². The molecule has 0 aliphatic carbocycles. The van der Waals surface area contributed by atoms with Gasteiger partial charge in [-0.2, -0.15) is 0 Å². The Labute approximate surface area is 447 Å². The molecule has 6 nitrogen and oxygen atoms in total. The zero-order valence-electron chi connectivity index (χ0n) is 49.3. The van der Waals surface area contributed by atoms with Gasteiger partial charge >= 0.3 is 0 Å². The summed E-state index contributed by atoms with van der Waals surface area (Å²) in [5.41, 5.74) is 22.6. The van der Waals surface area contributed by atoms with Gasteiger partial charge in [-0.3, -0.25) is 0 Å². The second-order valence-electron chi connectivity index (χ2n) is 27.2. The number of benzene rings is 6. The Morgan fingerprint density at radius 3 is 1.23 bits per heavy atom. The number of aromatic nitrogens is 2. The maximum absolute atomic E-state index is 5.01. The highest BCUT2D eigenvalue weighted by Crippen LogP contribution is 2.45. The summed E-state index contributed by atoms with van der Waals surface area (Å²) in [6.07, 6.45) is 1.73. The molecule has 0 saturated carbocycles. The number of nitrogens with one attached hydrogen (secondary N) is 2. The van der Waals surface area contributed by atoms with Crippen LogP contribution in [0, 0.1) is 0 Å². The molecule has 0 amide bonds. The van der Waals surface area contributed by atoms with Crippen LogP contribution in [0.15, 0.2) is 122 Å². The van der Waals surface area contributed by atoms with Crippen LogP contribution in [0.1, 0.15) is 158 Å². The summed E-state index contributed by atoms with van der Waals surface area (Å²) < 4.78 is 0. The average Bonchev–Trinajstić information content (AvgIpc) is 3.31. The number of nitrogens with zero attached hydrogens (tertiary/aromatic N) is 4. The summed E-state index contributed by atoms with van der Waals surface area (Å²) in [5, 5.41) is 7.56. The van der Waals surface area contributed by atoms with Gasteiger partial charge in [0.25, 0.3) is 0 Å². The lowest BCUT2D eigenvalue weighted by Gasteiger charge is -2.30. The molecule has 0 aliphatic rings. The van der Waals surface area contributed by atoms with E-state index in [9.17, 15) is 0 Å². The van der Waals surface area contributed by atoms with E-state index in [0.29, 0.717) is 0 Å². The highest BCUT2D eigenvalue weighted by molar-refractivity contribution is 5.93. The van der Waals surface area contributed by atoms with Gasteiger partial charge in [-0.05, 0) is 144 Å². The molecule has 7 aromatic rings. The third kappa shape index (κ3) is 12.2. The minimum atomic E-state index is -0.126. The van der Waals surface area contributed by atoms with E-state index < -0.39 is 0 Å². The quantitative estimate of drug-likeness (QED) is 0.142. The van der Waals surface area contributed by atoms with E-state index in [1.165, 1.54) is 39.1 Å². The lowest BCUT2D eigenvalue weighted by atomic mass is 9.80. The molecule has 0 radical (unpaired) electrons. The first-order valence-corrected chi connectivity index (χ1v) is 26.7. The molecule has 0 bridgehead atoms. The molecular weight excluding hydrogens is 901 g/mol. The minimum absolute atomic E-state index is 0.00265. The van der Waals surface area contributed by atoms with Crippen molar-refractivity contribution in [2.24, 2.45) is 0 Å². The zero-order valence-corrected chi connectivity index (χ0v) is 49.3. The van der Waals surface area contributed by atoms with Crippen molar-refractivity contribution in [2.75, 3.05) is 48.6 Å². The lowest BCUT2D eigenvalue weighted by Crippen LogP contribution is -2.19. The Hall–Kier alpha value is -6.40. The highest BCUT2D eigenvalue weighted by atomic mass is 15.1. The van der Waals surface area contributed by atoms with E-state index in [0.717, 1.165) is 73.2 Å². The highest BCUT2D eigenvalue weighted by Gasteiger charge is 2.26. The van der Waals surface area contributed by atoms with E-state index in [1.807, 2.05) is 7.05 Å². The van der Waals surface area contributed by atoms with E-state index in [1.54, 1.807) is 6.33 Å². The summed E-state index contributed by atoms with van der Waals surface area (Å²) in [6, 6.07) is 43.6. The average molecular weight is 989 g/mol. The Bertz CT molecular complexity index is 3100.